The minimum absolute atomic E-state index is 0.122. The van der Waals surface area contributed by atoms with Crippen LogP contribution in [0.2, 0.25) is 0 Å². The third-order valence-electron chi connectivity index (χ3n) is 4.52. The molecule has 0 aliphatic heterocycles. The maximum Gasteiger partial charge on any atom is 0.187 e. The van der Waals surface area contributed by atoms with Crippen LogP contribution in [-0.2, 0) is 16.5 Å². The second kappa shape index (κ2) is 8.01. The first-order chi connectivity index (χ1) is 12.8. The zero-order valence-corrected chi connectivity index (χ0v) is 17.7. The van der Waals surface area contributed by atoms with Gasteiger partial charge in [0.1, 0.15) is 0 Å². The summed E-state index contributed by atoms with van der Waals surface area (Å²) in [6.07, 6.45) is 0. The van der Waals surface area contributed by atoms with E-state index in [-0.39, 0.29) is 5.41 Å². The normalized spacial score (nSPS) is 12.8. The summed E-state index contributed by atoms with van der Waals surface area (Å²) in [7, 11) is 0. The third-order valence-corrected chi connectivity index (χ3v) is 6.42. The minimum atomic E-state index is -2.00. The first kappa shape index (κ1) is 19.9. The molecular weight excluding hydrogens is 372 g/mol. The van der Waals surface area contributed by atoms with Crippen LogP contribution < -0.4 is 0 Å². The van der Waals surface area contributed by atoms with Crippen LogP contribution in [0, 0.1) is 6.92 Å². The van der Waals surface area contributed by atoms with Crippen molar-refractivity contribution in [2.24, 2.45) is 0 Å². The van der Waals surface area contributed by atoms with Gasteiger partial charge in [0.05, 0.1) is 4.90 Å². The number of aryl methyl sites for hydroxylation is 1. The first-order valence-corrected chi connectivity index (χ1v) is 10.8. The van der Waals surface area contributed by atoms with Crippen molar-refractivity contribution in [2.45, 2.75) is 47.8 Å². The molecule has 3 aromatic rings. The van der Waals surface area contributed by atoms with Crippen LogP contribution in [0.3, 0.4) is 0 Å². The van der Waals surface area contributed by atoms with Gasteiger partial charge in [-0.2, -0.15) is 0 Å². The SMILES string of the molecule is Cc1ccc(C(C)(C)C)cc1Sc1ccc(-c2ccccc2S(=O)O)cc1. The Morgan fingerprint density at radius 2 is 1.59 bits per heavy atom. The van der Waals surface area contributed by atoms with Gasteiger partial charge in [-0.05, 0) is 53.3 Å². The van der Waals surface area contributed by atoms with Crippen LogP contribution in [0.1, 0.15) is 31.9 Å². The fourth-order valence-corrected chi connectivity index (χ4v) is 4.37. The molecule has 140 valence electrons. The molecule has 0 aliphatic rings. The molecular formula is C23H24O2S2. The maximum absolute atomic E-state index is 11.6. The quantitative estimate of drug-likeness (QED) is 0.499. The lowest BCUT2D eigenvalue weighted by molar-refractivity contribution is 0.564. The van der Waals surface area contributed by atoms with Gasteiger partial charge >= 0.3 is 0 Å². The predicted octanol–water partition coefficient (Wildman–Crippen LogP) is 6.69. The van der Waals surface area contributed by atoms with Crippen LogP contribution in [0.25, 0.3) is 11.1 Å². The summed E-state index contributed by atoms with van der Waals surface area (Å²) in [6.45, 7) is 8.81. The minimum Gasteiger partial charge on any atom is -0.302 e. The van der Waals surface area contributed by atoms with Gasteiger partial charge in [0.2, 0.25) is 0 Å². The van der Waals surface area contributed by atoms with Crippen LogP contribution >= 0.6 is 11.8 Å². The second-order valence-electron chi connectivity index (χ2n) is 7.60. The molecule has 0 aliphatic carbocycles. The second-order valence-corrected chi connectivity index (χ2v) is 9.66. The Morgan fingerprint density at radius 1 is 0.926 bits per heavy atom. The van der Waals surface area contributed by atoms with Crippen molar-refractivity contribution in [3.05, 3.63) is 77.9 Å². The molecule has 0 spiro atoms. The third kappa shape index (κ3) is 4.70. The Hall–Kier alpha value is -1.88. The van der Waals surface area contributed by atoms with Gasteiger partial charge in [0.15, 0.2) is 11.1 Å². The van der Waals surface area contributed by atoms with E-state index in [1.54, 1.807) is 23.9 Å². The smallest absolute Gasteiger partial charge is 0.187 e. The van der Waals surface area contributed by atoms with E-state index in [4.69, 9.17) is 0 Å². The Balaban J connectivity index is 1.89. The standard InChI is InChI=1S/C23H24O2S2/c1-16-9-12-18(23(2,3)4)15-21(16)26-19-13-10-17(11-14-19)20-7-5-6-8-22(20)27(24)25/h5-15H,1-4H3,(H,24,25). The van der Waals surface area contributed by atoms with E-state index in [1.807, 2.05) is 24.3 Å². The zero-order chi connectivity index (χ0) is 19.6. The Bertz CT molecular complexity index is 970. The summed E-state index contributed by atoms with van der Waals surface area (Å²) in [5.41, 5.74) is 4.44. The fraction of sp³-hybridized carbons (Fsp3) is 0.217. The molecule has 2 nitrogen and oxygen atoms in total. The van der Waals surface area contributed by atoms with Gasteiger partial charge < -0.3 is 4.55 Å². The maximum atomic E-state index is 11.6. The Labute approximate surface area is 168 Å². The molecule has 0 heterocycles. The van der Waals surface area contributed by atoms with E-state index in [0.717, 1.165) is 16.0 Å². The fourth-order valence-electron chi connectivity index (χ4n) is 2.86. The monoisotopic (exact) mass is 396 g/mol. The topological polar surface area (TPSA) is 37.3 Å². The van der Waals surface area contributed by atoms with Gasteiger partial charge in [0, 0.05) is 15.4 Å². The average molecular weight is 397 g/mol. The molecule has 0 amide bonds. The van der Waals surface area contributed by atoms with Crippen LogP contribution in [-0.4, -0.2) is 8.76 Å². The molecule has 0 saturated heterocycles. The molecule has 1 unspecified atom stereocenters. The molecule has 3 rings (SSSR count). The molecule has 1 N–H and O–H groups in total. The molecule has 4 heteroatoms. The van der Waals surface area contributed by atoms with E-state index < -0.39 is 11.1 Å². The molecule has 27 heavy (non-hydrogen) atoms. The highest BCUT2D eigenvalue weighted by Gasteiger charge is 2.15. The summed E-state index contributed by atoms with van der Waals surface area (Å²) in [4.78, 5) is 2.84. The highest BCUT2D eigenvalue weighted by molar-refractivity contribution is 7.99. The lowest BCUT2D eigenvalue weighted by Gasteiger charge is -2.20. The summed E-state index contributed by atoms with van der Waals surface area (Å²) in [5, 5.41) is 0. The van der Waals surface area contributed by atoms with E-state index in [2.05, 4.69) is 58.0 Å². The van der Waals surface area contributed by atoms with Crippen molar-refractivity contribution >= 4 is 22.8 Å². The van der Waals surface area contributed by atoms with Crippen molar-refractivity contribution in [3.63, 3.8) is 0 Å². The lowest BCUT2D eigenvalue weighted by Crippen LogP contribution is -2.11. The molecule has 0 fully saturated rings. The van der Waals surface area contributed by atoms with Crippen molar-refractivity contribution in [1.82, 2.24) is 0 Å². The molecule has 3 aromatic carbocycles. The van der Waals surface area contributed by atoms with Gasteiger partial charge in [-0.15, -0.1) is 0 Å². The molecule has 0 saturated carbocycles. The Kier molecular flexibility index (Phi) is 5.89. The Morgan fingerprint density at radius 3 is 2.22 bits per heavy atom. The first-order valence-electron chi connectivity index (χ1n) is 8.85. The highest BCUT2D eigenvalue weighted by Crippen LogP contribution is 2.35. The van der Waals surface area contributed by atoms with Crippen molar-refractivity contribution in [1.29, 1.82) is 0 Å². The van der Waals surface area contributed by atoms with E-state index in [9.17, 15) is 8.76 Å². The molecule has 0 bridgehead atoms. The predicted molar refractivity (Wildman–Crippen MR) is 115 cm³/mol. The number of benzene rings is 3. The number of hydrogen-bond acceptors (Lipinski definition) is 2. The number of hydrogen-bond donors (Lipinski definition) is 1. The summed E-state index contributed by atoms with van der Waals surface area (Å²) in [6, 6.07) is 22.1. The van der Waals surface area contributed by atoms with Crippen LogP contribution in [0.5, 0.6) is 0 Å². The van der Waals surface area contributed by atoms with E-state index in [0.29, 0.717) is 4.90 Å². The van der Waals surface area contributed by atoms with Crippen molar-refractivity contribution < 1.29 is 8.76 Å². The summed E-state index contributed by atoms with van der Waals surface area (Å²) < 4.78 is 21.1. The average Bonchev–Trinajstić information content (AvgIpc) is 2.63. The van der Waals surface area contributed by atoms with Crippen molar-refractivity contribution in [2.75, 3.05) is 0 Å². The van der Waals surface area contributed by atoms with Gasteiger partial charge in [0.25, 0.3) is 0 Å². The van der Waals surface area contributed by atoms with Gasteiger partial charge in [-0.25, -0.2) is 4.21 Å². The summed E-state index contributed by atoms with van der Waals surface area (Å²) >= 11 is -0.248. The number of rotatable bonds is 4. The lowest BCUT2D eigenvalue weighted by atomic mass is 9.87. The van der Waals surface area contributed by atoms with E-state index in [1.165, 1.54) is 16.0 Å². The van der Waals surface area contributed by atoms with E-state index >= 15 is 0 Å². The van der Waals surface area contributed by atoms with Gasteiger partial charge in [-0.1, -0.05) is 75.0 Å². The molecule has 1 atom stereocenters. The van der Waals surface area contributed by atoms with Gasteiger partial charge in [-0.3, -0.25) is 0 Å². The highest BCUT2D eigenvalue weighted by atomic mass is 32.2. The van der Waals surface area contributed by atoms with Crippen molar-refractivity contribution in [3.8, 4) is 11.1 Å². The molecule has 0 aromatic heterocycles. The molecule has 0 radical (unpaired) electrons. The van der Waals surface area contributed by atoms with Crippen LogP contribution in [0.15, 0.2) is 81.4 Å². The summed E-state index contributed by atoms with van der Waals surface area (Å²) in [5.74, 6) is 0. The zero-order valence-electron chi connectivity index (χ0n) is 16.0. The van der Waals surface area contributed by atoms with Crippen LogP contribution in [0.4, 0.5) is 0 Å². The largest absolute Gasteiger partial charge is 0.302 e.